The van der Waals surface area contributed by atoms with Gasteiger partial charge in [-0.15, -0.1) is 0 Å². The molecule has 1 aromatic carbocycles. The summed E-state index contributed by atoms with van der Waals surface area (Å²) in [5.74, 6) is 0.585. The van der Waals surface area contributed by atoms with Crippen LogP contribution in [0.3, 0.4) is 0 Å². The van der Waals surface area contributed by atoms with E-state index in [9.17, 15) is 4.79 Å². The summed E-state index contributed by atoms with van der Waals surface area (Å²) in [6.07, 6.45) is 0. The highest BCUT2D eigenvalue weighted by Gasteiger charge is 1.99. The molecule has 15 heavy (non-hydrogen) atoms. The molecule has 0 saturated carbocycles. The molecule has 1 amide bonds. The van der Waals surface area contributed by atoms with E-state index in [1.165, 1.54) is 6.92 Å². The Balaban J connectivity index is 2.85. The highest BCUT2D eigenvalue weighted by Crippen LogP contribution is 2.12. The highest BCUT2D eigenvalue weighted by atomic mass is 16.5. The van der Waals surface area contributed by atoms with Crippen LogP contribution in [0.5, 0.6) is 5.75 Å². The lowest BCUT2D eigenvalue weighted by atomic mass is 10.1. The normalized spacial score (nSPS) is 11.0. The van der Waals surface area contributed by atoms with Crippen molar-refractivity contribution in [3.05, 3.63) is 29.8 Å². The molecule has 0 unspecified atom stereocenters. The number of nitrogens with zero attached hydrogens (tertiary/aromatic N) is 1. The Morgan fingerprint density at radius 1 is 1.40 bits per heavy atom. The van der Waals surface area contributed by atoms with Crippen molar-refractivity contribution in [2.24, 2.45) is 5.10 Å². The second-order valence-corrected chi connectivity index (χ2v) is 3.10. The molecule has 1 rings (SSSR count). The first-order valence-corrected chi connectivity index (χ1v) is 4.59. The van der Waals surface area contributed by atoms with Crippen molar-refractivity contribution in [2.45, 2.75) is 13.8 Å². The Morgan fingerprint density at radius 2 is 2.13 bits per heavy atom. The van der Waals surface area contributed by atoms with Crippen LogP contribution in [0.2, 0.25) is 0 Å². The summed E-state index contributed by atoms with van der Waals surface area (Å²) in [7, 11) is 1.61. The molecule has 1 N–H and O–H groups in total. The first-order valence-electron chi connectivity index (χ1n) is 4.59. The SMILES string of the molecule is COc1cccc(/C(C)=N/NC(C)=O)c1. The minimum absolute atomic E-state index is 0.183. The van der Waals surface area contributed by atoms with E-state index in [0.29, 0.717) is 0 Å². The number of carbonyl (C=O) groups excluding carboxylic acids is 1. The fourth-order valence-corrected chi connectivity index (χ4v) is 1.08. The third kappa shape index (κ3) is 3.42. The van der Waals surface area contributed by atoms with Crippen molar-refractivity contribution >= 4 is 11.6 Å². The summed E-state index contributed by atoms with van der Waals surface area (Å²) >= 11 is 0. The number of hydrazone groups is 1. The monoisotopic (exact) mass is 206 g/mol. The van der Waals surface area contributed by atoms with Gasteiger partial charge in [-0.25, -0.2) is 5.43 Å². The van der Waals surface area contributed by atoms with Crippen LogP contribution >= 0.6 is 0 Å². The Hall–Kier alpha value is -1.84. The number of methoxy groups -OCH3 is 1. The molecule has 0 saturated heterocycles. The highest BCUT2D eigenvalue weighted by molar-refractivity contribution is 5.99. The molecule has 0 fully saturated rings. The first kappa shape index (κ1) is 11.2. The molecule has 0 aromatic heterocycles. The average Bonchev–Trinajstić information content (AvgIpc) is 2.26. The van der Waals surface area contributed by atoms with Crippen molar-refractivity contribution in [2.75, 3.05) is 7.11 Å². The molecule has 0 heterocycles. The third-order valence-electron chi connectivity index (χ3n) is 1.87. The Labute approximate surface area is 88.9 Å². The van der Waals surface area contributed by atoms with E-state index in [1.807, 2.05) is 31.2 Å². The fourth-order valence-electron chi connectivity index (χ4n) is 1.08. The maximum Gasteiger partial charge on any atom is 0.236 e. The van der Waals surface area contributed by atoms with E-state index in [-0.39, 0.29) is 5.91 Å². The van der Waals surface area contributed by atoms with Gasteiger partial charge in [0.1, 0.15) is 5.75 Å². The van der Waals surface area contributed by atoms with E-state index in [2.05, 4.69) is 10.5 Å². The summed E-state index contributed by atoms with van der Waals surface area (Å²) < 4.78 is 5.09. The van der Waals surface area contributed by atoms with Gasteiger partial charge < -0.3 is 4.74 Å². The summed E-state index contributed by atoms with van der Waals surface area (Å²) in [4.78, 5) is 10.7. The largest absolute Gasteiger partial charge is 0.497 e. The number of carbonyl (C=O) groups is 1. The van der Waals surface area contributed by atoms with Gasteiger partial charge >= 0.3 is 0 Å². The maximum absolute atomic E-state index is 10.7. The molecule has 4 nitrogen and oxygen atoms in total. The fraction of sp³-hybridized carbons (Fsp3) is 0.273. The second kappa shape index (κ2) is 5.14. The molecular weight excluding hydrogens is 192 g/mol. The number of hydrogen-bond donors (Lipinski definition) is 1. The van der Waals surface area contributed by atoms with Crippen molar-refractivity contribution in [1.29, 1.82) is 0 Å². The average molecular weight is 206 g/mol. The quantitative estimate of drug-likeness (QED) is 0.602. The van der Waals surface area contributed by atoms with Gasteiger partial charge in [0.05, 0.1) is 12.8 Å². The predicted octanol–water partition coefficient (Wildman–Crippen LogP) is 1.56. The molecule has 0 aliphatic carbocycles. The first-order chi connectivity index (χ1) is 7.13. The van der Waals surface area contributed by atoms with Crippen LogP contribution < -0.4 is 10.2 Å². The summed E-state index contributed by atoms with van der Waals surface area (Å²) in [6.45, 7) is 3.24. The predicted molar refractivity (Wildman–Crippen MR) is 59.0 cm³/mol. The van der Waals surface area contributed by atoms with Crippen LogP contribution in [0.25, 0.3) is 0 Å². The number of nitrogens with one attached hydrogen (secondary N) is 1. The third-order valence-corrected chi connectivity index (χ3v) is 1.87. The van der Waals surface area contributed by atoms with E-state index in [4.69, 9.17) is 4.74 Å². The van der Waals surface area contributed by atoms with E-state index in [0.717, 1.165) is 17.0 Å². The summed E-state index contributed by atoms with van der Waals surface area (Å²) in [5.41, 5.74) is 4.05. The van der Waals surface area contributed by atoms with E-state index < -0.39 is 0 Å². The lowest BCUT2D eigenvalue weighted by molar-refractivity contribution is -0.118. The van der Waals surface area contributed by atoms with Crippen molar-refractivity contribution in [1.82, 2.24) is 5.43 Å². The van der Waals surface area contributed by atoms with Crippen LogP contribution in [0.4, 0.5) is 0 Å². The van der Waals surface area contributed by atoms with Crippen molar-refractivity contribution in [3.8, 4) is 5.75 Å². The lowest BCUT2D eigenvalue weighted by Crippen LogP contribution is -2.14. The molecule has 0 radical (unpaired) electrons. The smallest absolute Gasteiger partial charge is 0.236 e. The molecule has 0 atom stereocenters. The Bertz CT molecular complexity index is 386. The Morgan fingerprint density at radius 3 is 2.73 bits per heavy atom. The number of ether oxygens (including phenoxy) is 1. The van der Waals surface area contributed by atoms with E-state index in [1.54, 1.807) is 7.11 Å². The van der Waals surface area contributed by atoms with Gasteiger partial charge in [-0.05, 0) is 19.1 Å². The zero-order valence-corrected chi connectivity index (χ0v) is 9.07. The van der Waals surface area contributed by atoms with Gasteiger partial charge in [0.25, 0.3) is 0 Å². The second-order valence-electron chi connectivity index (χ2n) is 3.10. The van der Waals surface area contributed by atoms with Crippen LogP contribution in [0.15, 0.2) is 29.4 Å². The maximum atomic E-state index is 10.7. The number of hydrogen-bond acceptors (Lipinski definition) is 3. The summed E-state index contributed by atoms with van der Waals surface area (Å²) in [6, 6.07) is 7.50. The molecule has 80 valence electrons. The molecule has 0 spiro atoms. The zero-order valence-electron chi connectivity index (χ0n) is 9.07. The minimum Gasteiger partial charge on any atom is -0.497 e. The van der Waals surface area contributed by atoms with Gasteiger partial charge in [0.2, 0.25) is 5.91 Å². The van der Waals surface area contributed by atoms with Gasteiger partial charge in [0, 0.05) is 12.5 Å². The molecule has 0 aliphatic heterocycles. The molecule has 4 heteroatoms. The van der Waals surface area contributed by atoms with Gasteiger partial charge in [-0.2, -0.15) is 5.10 Å². The van der Waals surface area contributed by atoms with E-state index >= 15 is 0 Å². The number of amides is 1. The van der Waals surface area contributed by atoms with Crippen LogP contribution in [0, 0.1) is 0 Å². The number of rotatable bonds is 3. The molecule has 1 aromatic rings. The van der Waals surface area contributed by atoms with Gasteiger partial charge in [0.15, 0.2) is 0 Å². The topological polar surface area (TPSA) is 50.7 Å². The molecule has 0 bridgehead atoms. The zero-order chi connectivity index (χ0) is 11.3. The van der Waals surface area contributed by atoms with Crippen LogP contribution in [-0.4, -0.2) is 18.7 Å². The minimum atomic E-state index is -0.183. The Kier molecular flexibility index (Phi) is 3.85. The summed E-state index contributed by atoms with van der Waals surface area (Å²) in [5, 5.41) is 3.93. The van der Waals surface area contributed by atoms with Crippen LogP contribution in [-0.2, 0) is 4.79 Å². The molecular formula is C11H14N2O2. The standard InChI is InChI=1S/C11H14N2O2/c1-8(12-13-9(2)14)10-5-4-6-11(7-10)15-3/h4-7H,1-3H3,(H,13,14)/b12-8+. The van der Waals surface area contributed by atoms with Gasteiger partial charge in [-0.1, -0.05) is 12.1 Å². The van der Waals surface area contributed by atoms with Crippen molar-refractivity contribution < 1.29 is 9.53 Å². The van der Waals surface area contributed by atoms with Crippen LogP contribution in [0.1, 0.15) is 19.4 Å². The lowest BCUT2D eigenvalue weighted by Gasteiger charge is -2.03. The van der Waals surface area contributed by atoms with Gasteiger partial charge in [-0.3, -0.25) is 4.79 Å². The van der Waals surface area contributed by atoms with Crippen molar-refractivity contribution in [3.63, 3.8) is 0 Å². The number of benzene rings is 1. The molecule has 0 aliphatic rings.